The van der Waals surface area contributed by atoms with Crippen LogP contribution in [-0.2, 0) is 14.3 Å². The van der Waals surface area contributed by atoms with Crippen molar-refractivity contribution in [3.63, 3.8) is 0 Å². The Kier molecular flexibility index (Phi) is 55.6. The molecule has 0 aromatic rings. The Balaban J connectivity index is 3.52. The van der Waals surface area contributed by atoms with E-state index < -0.39 is 12.1 Å². The van der Waals surface area contributed by atoms with Crippen LogP contribution in [0.25, 0.3) is 0 Å². The Bertz CT molecular complexity index is 1150. The van der Waals surface area contributed by atoms with E-state index in [0.29, 0.717) is 19.4 Å². The van der Waals surface area contributed by atoms with E-state index in [-0.39, 0.29) is 18.5 Å². The van der Waals surface area contributed by atoms with E-state index in [9.17, 15) is 19.8 Å². The lowest BCUT2D eigenvalue weighted by Crippen LogP contribution is -2.45. The van der Waals surface area contributed by atoms with Crippen LogP contribution in [0.15, 0.2) is 48.6 Å². The molecule has 2 unspecified atom stereocenters. The van der Waals surface area contributed by atoms with Gasteiger partial charge < -0.3 is 20.3 Å². The van der Waals surface area contributed by atoms with Gasteiger partial charge in [-0.1, -0.05) is 255 Å². The molecular weight excluding hydrogens is 839 g/mol. The molecule has 2 atom stereocenters. The molecule has 398 valence electrons. The molecule has 0 saturated carbocycles. The summed E-state index contributed by atoms with van der Waals surface area (Å²) in [6.45, 7) is 4.85. The van der Waals surface area contributed by atoms with Crippen molar-refractivity contribution in [2.24, 2.45) is 0 Å². The number of hydrogen-bond acceptors (Lipinski definition) is 5. The summed E-state index contributed by atoms with van der Waals surface area (Å²) in [5.41, 5.74) is 0. The highest BCUT2D eigenvalue weighted by Crippen LogP contribution is 2.16. The first-order chi connectivity index (χ1) is 33.5. The molecule has 3 N–H and O–H groups in total. The SMILES string of the molecule is CCCCCC/C=C\C/C=C\CCCCCCCC(=O)OCCCCCC/C=C\CCCCCCCCCC(=O)NC(CO)C(O)/C=C/CCCCCCCCCCCCCCCCCCCC. The van der Waals surface area contributed by atoms with Gasteiger partial charge in [0.15, 0.2) is 0 Å². The minimum atomic E-state index is -0.857. The first-order valence-corrected chi connectivity index (χ1v) is 29.9. The topological polar surface area (TPSA) is 95.9 Å². The third-order valence-electron chi connectivity index (χ3n) is 13.6. The second-order valence-electron chi connectivity index (χ2n) is 20.3. The zero-order valence-electron chi connectivity index (χ0n) is 45.3. The molecule has 0 aliphatic heterocycles. The number of esters is 1. The number of aliphatic hydroxyl groups is 2. The Labute approximate surface area is 423 Å². The number of amides is 1. The van der Waals surface area contributed by atoms with Crippen LogP contribution in [0.2, 0.25) is 0 Å². The van der Waals surface area contributed by atoms with Crippen LogP contribution >= 0.6 is 0 Å². The fourth-order valence-corrected chi connectivity index (χ4v) is 8.95. The Morgan fingerprint density at radius 1 is 0.412 bits per heavy atom. The predicted molar refractivity (Wildman–Crippen MR) is 296 cm³/mol. The van der Waals surface area contributed by atoms with Crippen molar-refractivity contribution >= 4 is 11.9 Å². The third-order valence-corrected chi connectivity index (χ3v) is 13.6. The molecule has 1 amide bonds. The van der Waals surface area contributed by atoms with Crippen molar-refractivity contribution in [3.8, 4) is 0 Å². The number of unbranched alkanes of at least 4 members (excludes halogenated alkanes) is 38. The molecule has 0 radical (unpaired) electrons. The highest BCUT2D eigenvalue weighted by molar-refractivity contribution is 5.76. The van der Waals surface area contributed by atoms with E-state index in [4.69, 9.17) is 4.74 Å². The Hall–Kier alpha value is -2.18. The lowest BCUT2D eigenvalue weighted by molar-refractivity contribution is -0.143. The summed E-state index contributed by atoms with van der Waals surface area (Å²) < 4.78 is 5.46. The van der Waals surface area contributed by atoms with Gasteiger partial charge in [-0.3, -0.25) is 9.59 Å². The van der Waals surface area contributed by atoms with Crippen LogP contribution in [0, 0.1) is 0 Å². The number of rotatable bonds is 55. The smallest absolute Gasteiger partial charge is 0.305 e. The summed E-state index contributed by atoms with van der Waals surface area (Å²) in [6, 6.07) is -0.642. The summed E-state index contributed by atoms with van der Waals surface area (Å²) in [5, 5.41) is 23.2. The quantitative estimate of drug-likeness (QED) is 0.0321. The van der Waals surface area contributed by atoms with Crippen LogP contribution in [-0.4, -0.2) is 47.4 Å². The van der Waals surface area contributed by atoms with Crippen molar-refractivity contribution in [1.82, 2.24) is 5.32 Å². The summed E-state index contributed by atoms with van der Waals surface area (Å²) in [6.07, 6.45) is 72.7. The average molecular weight is 955 g/mol. The van der Waals surface area contributed by atoms with E-state index in [1.807, 2.05) is 6.08 Å². The minimum absolute atomic E-state index is 0.0248. The van der Waals surface area contributed by atoms with Crippen molar-refractivity contribution in [3.05, 3.63) is 48.6 Å². The molecule has 0 aliphatic rings. The van der Waals surface area contributed by atoms with E-state index in [1.54, 1.807) is 6.08 Å². The average Bonchev–Trinajstić information content (AvgIpc) is 3.34. The van der Waals surface area contributed by atoms with E-state index in [1.165, 1.54) is 199 Å². The van der Waals surface area contributed by atoms with Crippen LogP contribution in [0.1, 0.15) is 309 Å². The van der Waals surface area contributed by atoms with Gasteiger partial charge in [-0.25, -0.2) is 0 Å². The normalized spacial score (nSPS) is 12.9. The van der Waals surface area contributed by atoms with Gasteiger partial charge in [0.05, 0.1) is 25.4 Å². The summed E-state index contributed by atoms with van der Waals surface area (Å²) in [7, 11) is 0. The molecule has 0 rings (SSSR count). The van der Waals surface area contributed by atoms with Crippen molar-refractivity contribution in [1.29, 1.82) is 0 Å². The van der Waals surface area contributed by atoms with Gasteiger partial charge in [0.1, 0.15) is 0 Å². The highest BCUT2D eigenvalue weighted by atomic mass is 16.5. The van der Waals surface area contributed by atoms with Crippen molar-refractivity contribution < 1.29 is 24.5 Å². The highest BCUT2D eigenvalue weighted by Gasteiger charge is 2.18. The largest absolute Gasteiger partial charge is 0.466 e. The molecular formula is C62H115NO5. The lowest BCUT2D eigenvalue weighted by atomic mass is 10.0. The van der Waals surface area contributed by atoms with Gasteiger partial charge in [-0.2, -0.15) is 0 Å². The van der Waals surface area contributed by atoms with Crippen molar-refractivity contribution in [2.75, 3.05) is 13.2 Å². The van der Waals surface area contributed by atoms with Crippen LogP contribution < -0.4 is 5.32 Å². The molecule has 0 fully saturated rings. The number of aliphatic hydroxyl groups excluding tert-OH is 2. The van der Waals surface area contributed by atoms with Gasteiger partial charge in [0.25, 0.3) is 0 Å². The van der Waals surface area contributed by atoms with E-state index in [0.717, 1.165) is 83.5 Å². The van der Waals surface area contributed by atoms with Crippen LogP contribution in [0.5, 0.6) is 0 Å². The molecule has 6 nitrogen and oxygen atoms in total. The zero-order valence-corrected chi connectivity index (χ0v) is 45.3. The maximum Gasteiger partial charge on any atom is 0.305 e. The second-order valence-corrected chi connectivity index (χ2v) is 20.3. The number of carbonyl (C=O) groups excluding carboxylic acids is 2. The molecule has 68 heavy (non-hydrogen) atoms. The molecule has 0 aliphatic carbocycles. The summed E-state index contributed by atoms with van der Waals surface area (Å²) in [4.78, 5) is 24.5. The number of ether oxygens (including phenoxy) is 1. The molecule has 0 spiro atoms. The predicted octanol–water partition coefficient (Wildman–Crippen LogP) is 18.6. The maximum absolute atomic E-state index is 12.5. The molecule has 6 heteroatoms. The van der Waals surface area contributed by atoms with Gasteiger partial charge >= 0.3 is 5.97 Å². The van der Waals surface area contributed by atoms with E-state index in [2.05, 4.69) is 55.6 Å². The molecule has 0 saturated heterocycles. The number of carbonyl (C=O) groups is 2. The maximum atomic E-state index is 12.5. The fraction of sp³-hybridized carbons (Fsp3) is 0.839. The first kappa shape index (κ1) is 65.8. The first-order valence-electron chi connectivity index (χ1n) is 29.9. The monoisotopic (exact) mass is 954 g/mol. The Morgan fingerprint density at radius 2 is 0.735 bits per heavy atom. The van der Waals surface area contributed by atoms with E-state index >= 15 is 0 Å². The van der Waals surface area contributed by atoms with Crippen LogP contribution in [0.3, 0.4) is 0 Å². The fourth-order valence-electron chi connectivity index (χ4n) is 8.95. The van der Waals surface area contributed by atoms with Gasteiger partial charge in [-0.15, -0.1) is 0 Å². The molecule has 0 aromatic heterocycles. The minimum Gasteiger partial charge on any atom is -0.466 e. The number of hydrogen-bond donors (Lipinski definition) is 3. The van der Waals surface area contributed by atoms with Crippen LogP contribution in [0.4, 0.5) is 0 Å². The lowest BCUT2D eigenvalue weighted by Gasteiger charge is -2.20. The summed E-state index contributed by atoms with van der Waals surface area (Å²) in [5.74, 6) is -0.107. The van der Waals surface area contributed by atoms with Gasteiger partial charge in [-0.05, 0) is 89.9 Å². The number of nitrogens with one attached hydrogen (secondary N) is 1. The summed E-state index contributed by atoms with van der Waals surface area (Å²) >= 11 is 0. The standard InChI is InChI=1S/C62H115NO5/c1-3-5-7-9-11-13-15-17-19-21-22-23-24-26-30-34-38-42-46-50-54-60(65)59(58-64)63-61(66)55-51-47-43-39-35-31-27-25-29-33-37-41-45-49-53-57-68-62(67)56-52-48-44-40-36-32-28-20-18-16-14-12-10-8-6-4-2/h14,16,20,28-29,33,50,54,59-60,64-65H,3-13,15,17-19,21-27,30-32,34-49,51-53,55-58H2,1-2H3,(H,63,66)/b16-14-,28-20-,33-29-,54-50+. The van der Waals surface area contributed by atoms with Gasteiger partial charge in [0, 0.05) is 12.8 Å². The second kappa shape index (κ2) is 57.4. The number of allylic oxidation sites excluding steroid dienone is 7. The van der Waals surface area contributed by atoms with Gasteiger partial charge in [0.2, 0.25) is 5.91 Å². The Morgan fingerprint density at radius 3 is 1.15 bits per heavy atom. The molecule has 0 bridgehead atoms. The molecule has 0 heterocycles. The zero-order chi connectivity index (χ0) is 49.3. The van der Waals surface area contributed by atoms with Crippen molar-refractivity contribution in [2.45, 2.75) is 321 Å². The molecule has 0 aromatic carbocycles. The third kappa shape index (κ3) is 53.2.